The first-order valence-electron chi connectivity index (χ1n) is 8.42. The SMILES string of the molecule is O=C(Nc1ccccc1)C1CCN(C(=O)Cn2ccccc2=O)CC1. The zero-order chi connectivity index (χ0) is 17.6. The summed E-state index contributed by atoms with van der Waals surface area (Å²) in [5.74, 6) is -0.184. The summed E-state index contributed by atoms with van der Waals surface area (Å²) < 4.78 is 1.40. The number of nitrogens with one attached hydrogen (secondary N) is 1. The van der Waals surface area contributed by atoms with Gasteiger partial charge in [0.05, 0.1) is 0 Å². The molecule has 0 bridgehead atoms. The van der Waals surface area contributed by atoms with Gasteiger partial charge >= 0.3 is 0 Å². The van der Waals surface area contributed by atoms with Gasteiger partial charge < -0.3 is 14.8 Å². The van der Waals surface area contributed by atoms with Crippen molar-refractivity contribution in [2.75, 3.05) is 18.4 Å². The monoisotopic (exact) mass is 339 g/mol. The van der Waals surface area contributed by atoms with Crippen LogP contribution in [-0.4, -0.2) is 34.4 Å². The van der Waals surface area contributed by atoms with E-state index in [9.17, 15) is 14.4 Å². The summed E-state index contributed by atoms with van der Waals surface area (Å²) in [5, 5.41) is 2.92. The molecule has 1 aromatic carbocycles. The van der Waals surface area contributed by atoms with E-state index in [1.165, 1.54) is 10.6 Å². The highest BCUT2D eigenvalue weighted by molar-refractivity contribution is 5.92. The van der Waals surface area contributed by atoms with Crippen LogP contribution < -0.4 is 10.9 Å². The molecular formula is C19H21N3O3. The number of aromatic nitrogens is 1. The lowest BCUT2D eigenvalue weighted by molar-refractivity contribution is -0.135. The lowest BCUT2D eigenvalue weighted by atomic mass is 9.95. The Balaban J connectivity index is 1.51. The Hall–Kier alpha value is -2.89. The Labute approximate surface area is 146 Å². The molecule has 0 radical (unpaired) electrons. The molecule has 6 heteroatoms. The van der Waals surface area contributed by atoms with E-state index in [-0.39, 0.29) is 29.8 Å². The van der Waals surface area contributed by atoms with Crippen LogP contribution in [0.4, 0.5) is 5.69 Å². The van der Waals surface area contributed by atoms with Gasteiger partial charge in [0.25, 0.3) is 5.56 Å². The fraction of sp³-hybridized carbons (Fsp3) is 0.316. The molecule has 1 fully saturated rings. The van der Waals surface area contributed by atoms with Gasteiger partial charge in [-0.25, -0.2) is 0 Å². The summed E-state index contributed by atoms with van der Waals surface area (Å²) in [6.07, 6.45) is 2.88. The lowest BCUT2D eigenvalue weighted by Gasteiger charge is -2.31. The highest BCUT2D eigenvalue weighted by Gasteiger charge is 2.27. The highest BCUT2D eigenvalue weighted by Crippen LogP contribution is 2.19. The van der Waals surface area contributed by atoms with E-state index < -0.39 is 0 Å². The summed E-state index contributed by atoms with van der Waals surface area (Å²) in [7, 11) is 0. The standard InChI is InChI=1S/C19H21N3O3/c23-17-8-4-5-11-22(17)14-18(24)21-12-9-15(10-13-21)19(25)20-16-6-2-1-3-7-16/h1-8,11,15H,9-10,12-14H2,(H,20,25). The number of hydrogen-bond donors (Lipinski definition) is 1. The van der Waals surface area contributed by atoms with Crippen molar-refractivity contribution >= 4 is 17.5 Å². The average Bonchev–Trinajstić information content (AvgIpc) is 2.64. The Morgan fingerprint density at radius 1 is 1.00 bits per heavy atom. The molecule has 2 aromatic rings. The van der Waals surface area contributed by atoms with E-state index in [2.05, 4.69) is 5.32 Å². The number of rotatable bonds is 4. The first kappa shape index (κ1) is 17.0. The van der Waals surface area contributed by atoms with E-state index >= 15 is 0 Å². The van der Waals surface area contributed by atoms with Crippen LogP contribution in [0.1, 0.15) is 12.8 Å². The Morgan fingerprint density at radius 3 is 2.36 bits per heavy atom. The van der Waals surface area contributed by atoms with E-state index in [0.717, 1.165) is 5.69 Å². The van der Waals surface area contributed by atoms with Gasteiger partial charge in [0, 0.05) is 37.0 Å². The topological polar surface area (TPSA) is 71.4 Å². The van der Waals surface area contributed by atoms with Gasteiger partial charge in [0.15, 0.2) is 0 Å². The van der Waals surface area contributed by atoms with Gasteiger partial charge in [-0.2, -0.15) is 0 Å². The van der Waals surface area contributed by atoms with Gasteiger partial charge in [-0.15, -0.1) is 0 Å². The number of carbonyl (C=O) groups excluding carboxylic acids is 2. The minimum Gasteiger partial charge on any atom is -0.341 e. The molecule has 3 rings (SSSR count). The van der Waals surface area contributed by atoms with Gasteiger partial charge in [0.1, 0.15) is 6.54 Å². The van der Waals surface area contributed by atoms with Gasteiger partial charge in [0.2, 0.25) is 11.8 Å². The van der Waals surface area contributed by atoms with Crippen LogP contribution >= 0.6 is 0 Å². The number of hydrogen-bond acceptors (Lipinski definition) is 3. The maximum absolute atomic E-state index is 12.4. The summed E-state index contributed by atoms with van der Waals surface area (Å²) in [5.41, 5.74) is 0.599. The second kappa shape index (κ2) is 7.79. The first-order valence-corrected chi connectivity index (χ1v) is 8.42. The minimum absolute atomic E-state index is 0.00224. The van der Waals surface area contributed by atoms with Crippen LogP contribution in [0.2, 0.25) is 0 Å². The molecule has 0 spiro atoms. The Kier molecular flexibility index (Phi) is 5.28. The van der Waals surface area contributed by atoms with Crippen LogP contribution in [0.25, 0.3) is 0 Å². The number of anilines is 1. The molecule has 1 aliphatic rings. The molecule has 25 heavy (non-hydrogen) atoms. The first-order chi connectivity index (χ1) is 12.1. The predicted octanol–water partition coefficient (Wildman–Crippen LogP) is 1.73. The summed E-state index contributed by atoms with van der Waals surface area (Å²) in [6.45, 7) is 1.11. The van der Waals surface area contributed by atoms with Crippen molar-refractivity contribution in [2.24, 2.45) is 5.92 Å². The quantitative estimate of drug-likeness (QED) is 0.922. The number of piperidine rings is 1. The number of benzene rings is 1. The molecule has 1 N–H and O–H groups in total. The van der Waals surface area contributed by atoms with Gasteiger partial charge in [-0.05, 0) is 31.0 Å². The minimum atomic E-state index is -0.187. The fourth-order valence-electron chi connectivity index (χ4n) is 2.99. The van der Waals surface area contributed by atoms with Crippen molar-refractivity contribution in [1.82, 2.24) is 9.47 Å². The second-order valence-corrected chi connectivity index (χ2v) is 6.18. The van der Waals surface area contributed by atoms with Crippen LogP contribution in [0.15, 0.2) is 59.5 Å². The number of amides is 2. The molecule has 1 aromatic heterocycles. The van der Waals surface area contributed by atoms with Crippen molar-refractivity contribution < 1.29 is 9.59 Å². The van der Waals surface area contributed by atoms with Crippen LogP contribution in [0.5, 0.6) is 0 Å². The highest BCUT2D eigenvalue weighted by atomic mass is 16.2. The average molecular weight is 339 g/mol. The molecule has 2 amide bonds. The predicted molar refractivity (Wildman–Crippen MR) is 95.1 cm³/mol. The molecule has 6 nitrogen and oxygen atoms in total. The number of likely N-dealkylation sites (tertiary alicyclic amines) is 1. The zero-order valence-electron chi connectivity index (χ0n) is 13.9. The van der Waals surface area contributed by atoms with E-state index in [1.54, 1.807) is 23.2 Å². The third kappa shape index (κ3) is 4.35. The number of carbonyl (C=O) groups is 2. The van der Waals surface area contributed by atoms with E-state index in [0.29, 0.717) is 25.9 Å². The van der Waals surface area contributed by atoms with Crippen LogP contribution in [-0.2, 0) is 16.1 Å². The van der Waals surface area contributed by atoms with Crippen molar-refractivity contribution in [3.63, 3.8) is 0 Å². The summed E-state index contributed by atoms with van der Waals surface area (Å²) >= 11 is 0. The van der Waals surface area contributed by atoms with Crippen molar-refractivity contribution in [3.8, 4) is 0 Å². The smallest absolute Gasteiger partial charge is 0.250 e. The molecule has 0 unspecified atom stereocenters. The normalized spacial score (nSPS) is 15.0. The molecular weight excluding hydrogens is 318 g/mol. The molecule has 0 atom stereocenters. The fourth-order valence-corrected chi connectivity index (χ4v) is 2.99. The van der Waals surface area contributed by atoms with Crippen LogP contribution in [0, 0.1) is 5.92 Å². The van der Waals surface area contributed by atoms with Crippen LogP contribution in [0.3, 0.4) is 0 Å². The molecule has 2 heterocycles. The number of para-hydroxylation sites is 1. The third-order valence-corrected chi connectivity index (χ3v) is 4.46. The van der Waals surface area contributed by atoms with Gasteiger partial charge in [-0.1, -0.05) is 24.3 Å². The van der Waals surface area contributed by atoms with E-state index in [1.807, 2.05) is 30.3 Å². The van der Waals surface area contributed by atoms with Gasteiger partial charge in [-0.3, -0.25) is 14.4 Å². The number of nitrogens with zero attached hydrogens (tertiary/aromatic N) is 2. The number of pyridine rings is 1. The molecule has 1 saturated heterocycles. The largest absolute Gasteiger partial charge is 0.341 e. The third-order valence-electron chi connectivity index (χ3n) is 4.46. The molecule has 130 valence electrons. The Morgan fingerprint density at radius 2 is 1.68 bits per heavy atom. The maximum atomic E-state index is 12.4. The molecule has 0 saturated carbocycles. The maximum Gasteiger partial charge on any atom is 0.250 e. The van der Waals surface area contributed by atoms with Crippen molar-refractivity contribution in [2.45, 2.75) is 19.4 Å². The second-order valence-electron chi connectivity index (χ2n) is 6.18. The molecule has 1 aliphatic heterocycles. The van der Waals surface area contributed by atoms with Crippen molar-refractivity contribution in [1.29, 1.82) is 0 Å². The van der Waals surface area contributed by atoms with E-state index in [4.69, 9.17) is 0 Å². The van der Waals surface area contributed by atoms with Crippen molar-refractivity contribution in [3.05, 3.63) is 65.1 Å². The Bertz CT molecular complexity index is 793. The lowest BCUT2D eigenvalue weighted by Crippen LogP contribution is -2.43. The summed E-state index contributed by atoms with van der Waals surface area (Å²) in [4.78, 5) is 38.1. The summed E-state index contributed by atoms with van der Waals surface area (Å²) in [6, 6.07) is 14.2. The molecule has 0 aliphatic carbocycles. The zero-order valence-corrected chi connectivity index (χ0v) is 13.9.